The van der Waals surface area contributed by atoms with Crippen molar-refractivity contribution in [2.24, 2.45) is 0 Å². The number of carbonyl (C=O) groups excluding carboxylic acids is 1. The second-order valence-electron chi connectivity index (χ2n) is 3.59. The zero-order valence-corrected chi connectivity index (χ0v) is 10.9. The number of esters is 1. The van der Waals surface area contributed by atoms with E-state index in [0.29, 0.717) is 17.3 Å². The van der Waals surface area contributed by atoms with Crippen LogP contribution >= 0.6 is 11.6 Å². The molecular weight excluding hydrogens is 242 g/mol. The zero-order chi connectivity index (χ0) is 12.8. The van der Waals surface area contributed by atoms with Gasteiger partial charge < -0.3 is 14.8 Å². The van der Waals surface area contributed by atoms with E-state index in [1.54, 1.807) is 26.2 Å². The molecule has 1 aromatic carbocycles. The Morgan fingerprint density at radius 3 is 2.71 bits per heavy atom. The van der Waals surface area contributed by atoms with Gasteiger partial charge in [0.25, 0.3) is 0 Å². The summed E-state index contributed by atoms with van der Waals surface area (Å²) in [6.07, 6.45) is 0. The van der Waals surface area contributed by atoms with Crippen LogP contribution in [-0.4, -0.2) is 26.2 Å². The van der Waals surface area contributed by atoms with Crippen LogP contribution in [0.5, 0.6) is 5.75 Å². The van der Waals surface area contributed by atoms with E-state index in [1.807, 2.05) is 6.07 Å². The van der Waals surface area contributed by atoms with Gasteiger partial charge in [-0.2, -0.15) is 0 Å². The van der Waals surface area contributed by atoms with Gasteiger partial charge in [0.2, 0.25) is 0 Å². The predicted molar refractivity (Wildman–Crippen MR) is 66.3 cm³/mol. The first-order valence-electron chi connectivity index (χ1n) is 5.22. The summed E-state index contributed by atoms with van der Waals surface area (Å²) in [4.78, 5) is 11.2. The maximum absolute atomic E-state index is 11.2. The number of nitrogens with one attached hydrogen (secondary N) is 1. The Kier molecular flexibility index (Phi) is 5.25. The van der Waals surface area contributed by atoms with Gasteiger partial charge in [0, 0.05) is 6.54 Å². The van der Waals surface area contributed by atoms with Crippen molar-refractivity contribution < 1.29 is 14.3 Å². The lowest BCUT2D eigenvalue weighted by Gasteiger charge is -2.12. The number of hydrogen-bond acceptors (Lipinski definition) is 4. The first kappa shape index (κ1) is 13.8. The molecule has 0 bridgehead atoms. The third-order valence-electron chi connectivity index (χ3n) is 2.38. The van der Waals surface area contributed by atoms with Crippen molar-refractivity contribution in [3.05, 3.63) is 28.8 Å². The molecule has 0 aromatic heterocycles. The maximum Gasteiger partial charge on any atom is 0.322 e. The van der Waals surface area contributed by atoms with Crippen LogP contribution in [0.3, 0.4) is 0 Å². The highest BCUT2D eigenvalue weighted by Gasteiger charge is 2.12. The molecule has 0 aliphatic heterocycles. The van der Waals surface area contributed by atoms with Gasteiger partial charge in [0.15, 0.2) is 0 Å². The average Bonchev–Trinajstić information content (AvgIpc) is 2.35. The summed E-state index contributed by atoms with van der Waals surface area (Å²) in [6.45, 7) is 2.29. The van der Waals surface area contributed by atoms with Gasteiger partial charge in [-0.3, -0.25) is 4.79 Å². The lowest BCUT2D eigenvalue weighted by atomic mass is 10.2. The van der Waals surface area contributed by atoms with Crippen LogP contribution in [0.1, 0.15) is 12.5 Å². The molecule has 0 saturated heterocycles. The normalized spacial score (nSPS) is 12.0. The Hall–Kier alpha value is -1.26. The summed E-state index contributed by atoms with van der Waals surface area (Å²) < 4.78 is 9.67. The van der Waals surface area contributed by atoms with Crippen LogP contribution in [-0.2, 0) is 16.1 Å². The van der Waals surface area contributed by atoms with E-state index in [4.69, 9.17) is 16.3 Å². The number of ether oxygens (including phenoxy) is 2. The molecule has 1 atom stereocenters. The van der Waals surface area contributed by atoms with Crippen molar-refractivity contribution in [3.8, 4) is 5.75 Å². The Labute approximate surface area is 106 Å². The number of rotatable bonds is 5. The first-order valence-corrected chi connectivity index (χ1v) is 5.60. The number of benzene rings is 1. The molecule has 0 unspecified atom stereocenters. The summed E-state index contributed by atoms with van der Waals surface area (Å²) >= 11 is 5.99. The minimum absolute atomic E-state index is 0.287. The van der Waals surface area contributed by atoms with E-state index in [9.17, 15) is 4.79 Å². The fourth-order valence-corrected chi connectivity index (χ4v) is 1.63. The molecule has 0 spiro atoms. The van der Waals surface area contributed by atoms with Crippen LogP contribution in [0, 0.1) is 0 Å². The molecule has 1 rings (SSSR count). The summed E-state index contributed by atoms with van der Waals surface area (Å²) in [6, 6.07) is 5.14. The molecule has 0 fully saturated rings. The number of carbonyl (C=O) groups is 1. The Balaban J connectivity index is 2.58. The van der Waals surface area contributed by atoms with E-state index in [0.717, 1.165) is 5.56 Å². The van der Waals surface area contributed by atoms with Crippen molar-refractivity contribution in [1.29, 1.82) is 0 Å². The fourth-order valence-electron chi connectivity index (χ4n) is 1.35. The Morgan fingerprint density at radius 1 is 1.47 bits per heavy atom. The van der Waals surface area contributed by atoms with Crippen LogP contribution in [0.4, 0.5) is 0 Å². The molecule has 0 aliphatic carbocycles. The number of hydrogen-bond donors (Lipinski definition) is 1. The highest BCUT2D eigenvalue weighted by molar-refractivity contribution is 6.32. The zero-order valence-electron chi connectivity index (χ0n) is 10.1. The largest absolute Gasteiger partial charge is 0.495 e. The standard InChI is InChI=1S/C12H16ClNO3/c1-8(12(15)17-3)14-7-9-4-5-11(16-2)10(13)6-9/h4-6,8,14H,7H2,1-3H3/t8-/m0/s1. The second kappa shape index (κ2) is 6.47. The van der Waals surface area contributed by atoms with E-state index in [2.05, 4.69) is 10.1 Å². The fraction of sp³-hybridized carbons (Fsp3) is 0.417. The van der Waals surface area contributed by atoms with Gasteiger partial charge in [0.1, 0.15) is 11.8 Å². The van der Waals surface area contributed by atoms with E-state index >= 15 is 0 Å². The average molecular weight is 258 g/mol. The SMILES string of the molecule is COC(=O)[C@H](C)NCc1ccc(OC)c(Cl)c1. The van der Waals surface area contributed by atoms with Crippen molar-refractivity contribution in [2.45, 2.75) is 19.5 Å². The number of methoxy groups -OCH3 is 2. The molecule has 0 heterocycles. The van der Waals surface area contributed by atoms with E-state index in [1.165, 1.54) is 7.11 Å². The van der Waals surface area contributed by atoms with Gasteiger partial charge in [-0.05, 0) is 24.6 Å². The second-order valence-corrected chi connectivity index (χ2v) is 4.00. The molecule has 4 nitrogen and oxygen atoms in total. The van der Waals surface area contributed by atoms with Gasteiger partial charge in [-0.25, -0.2) is 0 Å². The quantitative estimate of drug-likeness (QED) is 0.820. The molecule has 0 saturated carbocycles. The molecule has 5 heteroatoms. The minimum atomic E-state index is -0.346. The van der Waals surface area contributed by atoms with Crippen molar-refractivity contribution >= 4 is 17.6 Å². The Bertz CT molecular complexity index is 395. The van der Waals surface area contributed by atoms with Crippen molar-refractivity contribution in [1.82, 2.24) is 5.32 Å². The molecule has 1 N–H and O–H groups in total. The summed E-state index contributed by atoms with van der Waals surface area (Å²) in [7, 11) is 2.93. The van der Waals surface area contributed by atoms with Gasteiger partial charge in [0.05, 0.1) is 19.2 Å². The van der Waals surface area contributed by atoms with E-state index < -0.39 is 0 Å². The molecule has 0 radical (unpaired) electrons. The van der Waals surface area contributed by atoms with Gasteiger partial charge in [-0.1, -0.05) is 17.7 Å². The summed E-state index contributed by atoms with van der Waals surface area (Å²) in [5.41, 5.74) is 0.978. The van der Waals surface area contributed by atoms with Crippen LogP contribution in [0.25, 0.3) is 0 Å². The predicted octanol–water partition coefficient (Wildman–Crippen LogP) is 2.00. The molecule has 0 aliphatic rings. The maximum atomic E-state index is 11.2. The van der Waals surface area contributed by atoms with Gasteiger partial charge >= 0.3 is 5.97 Å². The first-order chi connectivity index (χ1) is 8.08. The third-order valence-corrected chi connectivity index (χ3v) is 2.68. The van der Waals surface area contributed by atoms with Crippen molar-refractivity contribution in [2.75, 3.05) is 14.2 Å². The highest BCUT2D eigenvalue weighted by Crippen LogP contribution is 2.24. The molecule has 0 amide bonds. The smallest absolute Gasteiger partial charge is 0.322 e. The summed E-state index contributed by atoms with van der Waals surface area (Å²) in [5.74, 6) is 0.348. The van der Waals surface area contributed by atoms with Crippen molar-refractivity contribution in [3.63, 3.8) is 0 Å². The molecular formula is C12H16ClNO3. The Morgan fingerprint density at radius 2 is 2.18 bits per heavy atom. The topological polar surface area (TPSA) is 47.6 Å². The summed E-state index contributed by atoms with van der Waals surface area (Å²) in [5, 5.41) is 3.59. The molecule has 17 heavy (non-hydrogen) atoms. The van der Waals surface area contributed by atoms with Gasteiger partial charge in [-0.15, -0.1) is 0 Å². The molecule has 1 aromatic rings. The molecule has 94 valence electrons. The third kappa shape index (κ3) is 3.91. The lowest BCUT2D eigenvalue weighted by molar-refractivity contribution is -0.142. The highest BCUT2D eigenvalue weighted by atomic mass is 35.5. The minimum Gasteiger partial charge on any atom is -0.495 e. The number of halogens is 1. The van der Waals surface area contributed by atoms with Crippen LogP contribution in [0.15, 0.2) is 18.2 Å². The lowest BCUT2D eigenvalue weighted by Crippen LogP contribution is -2.34. The van der Waals surface area contributed by atoms with Crippen LogP contribution < -0.4 is 10.1 Å². The van der Waals surface area contributed by atoms with E-state index in [-0.39, 0.29) is 12.0 Å². The van der Waals surface area contributed by atoms with Crippen LogP contribution in [0.2, 0.25) is 5.02 Å². The monoisotopic (exact) mass is 257 g/mol.